The minimum Gasteiger partial charge on any atom is -0.481 e. The Balaban J connectivity index is 0.000000445. The van der Waals surface area contributed by atoms with Crippen LogP contribution in [-0.4, -0.2) is 75.0 Å². The van der Waals surface area contributed by atoms with Gasteiger partial charge in [0.15, 0.2) is 0 Å². The SMILES string of the molecule is Cc1noc2ncnc(NCCN(C)CCC(=O)O)c12.O=C(O)C(F)(F)F. The van der Waals surface area contributed by atoms with Crippen LogP contribution in [0.15, 0.2) is 10.9 Å². The molecule has 0 amide bonds. The summed E-state index contributed by atoms with van der Waals surface area (Å²) in [4.78, 5) is 29.5. The summed E-state index contributed by atoms with van der Waals surface area (Å²) >= 11 is 0. The number of likely N-dealkylation sites (N-methyl/N-ethyl adjacent to an activating group) is 1. The Morgan fingerprint density at radius 2 is 1.89 bits per heavy atom. The van der Waals surface area contributed by atoms with Gasteiger partial charge in [0.2, 0.25) is 0 Å². The Morgan fingerprint density at radius 1 is 1.26 bits per heavy atom. The van der Waals surface area contributed by atoms with Gasteiger partial charge in [-0.15, -0.1) is 0 Å². The summed E-state index contributed by atoms with van der Waals surface area (Å²) in [5, 5.41) is 23.6. The number of fused-ring (bicyclic) bond motifs is 1. The van der Waals surface area contributed by atoms with Crippen LogP contribution in [0, 0.1) is 6.92 Å². The average molecular weight is 393 g/mol. The molecule has 2 rings (SSSR count). The number of alkyl halides is 3. The standard InChI is InChI=1S/C12H17N5O3.C2HF3O2/c1-8-10-11(14-7-15-12(10)20-16-8)13-4-6-17(2)5-3-9(18)19;3-2(4,5)1(6)7/h7H,3-6H2,1-2H3,(H,18,19)(H,13,14,15);(H,6,7). The molecule has 0 atom stereocenters. The lowest BCUT2D eigenvalue weighted by atomic mass is 10.3. The average Bonchev–Trinajstić information content (AvgIpc) is 2.95. The van der Waals surface area contributed by atoms with Crippen LogP contribution in [0.1, 0.15) is 12.1 Å². The number of rotatable bonds is 7. The second kappa shape index (κ2) is 9.66. The van der Waals surface area contributed by atoms with Crippen LogP contribution in [0.4, 0.5) is 19.0 Å². The highest BCUT2D eigenvalue weighted by molar-refractivity contribution is 5.87. The molecule has 0 fully saturated rings. The van der Waals surface area contributed by atoms with Crippen molar-refractivity contribution < 1.29 is 37.5 Å². The molecule has 2 heterocycles. The van der Waals surface area contributed by atoms with Gasteiger partial charge < -0.3 is 25.0 Å². The maximum atomic E-state index is 10.6. The van der Waals surface area contributed by atoms with E-state index in [1.165, 1.54) is 6.33 Å². The normalized spacial score (nSPS) is 11.2. The molecule has 0 saturated carbocycles. The molecule has 0 bridgehead atoms. The van der Waals surface area contributed by atoms with Gasteiger partial charge >= 0.3 is 18.1 Å². The van der Waals surface area contributed by atoms with Crippen molar-refractivity contribution in [2.24, 2.45) is 0 Å². The molecule has 0 saturated heterocycles. The van der Waals surface area contributed by atoms with Crippen molar-refractivity contribution in [3.05, 3.63) is 12.0 Å². The first-order chi connectivity index (χ1) is 12.5. The summed E-state index contributed by atoms with van der Waals surface area (Å²) in [6.45, 7) is 3.71. The van der Waals surface area contributed by atoms with Crippen LogP contribution in [0.2, 0.25) is 0 Å². The Kier molecular flexibility index (Phi) is 7.90. The predicted molar refractivity (Wildman–Crippen MR) is 86.3 cm³/mol. The molecule has 0 spiro atoms. The van der Waals surface area contributed by atoms with E-state index in [2.05, 4.69) is 20.4 Å². The number of carbonyl (C=O) groups is 2. The number of anilines is 1. The second-order valence-electron chi connectivity index (χ2n) is 5.35. The molecule has 10 nitrogen and oxygen atoms in total. The fraction of sp³-hybridized carbons (Fsp3) is 0.500. The van der Waals surface area contributed by atoms with E-state index in [4.69, 9.17) is 19.5 Å². The Bertz CT molecular complexity index is 780. The largest absolute Gasteiger partial charge is 0.490 e. The lowest BCUT2D eigenvalue weighted by Gasteiger charge is -2.15. The molecular weight excluding hydrogens is 375 g/mol. The van der Waals surface area contributed by atoms with Gasteiger partial charge in [-0.3, -0.25) is 4.79 Å². The van der Waals surface area contributed by atoms with E-state index < -0.39 is 18.1 Å². The minimum atomic E-state index is -5.08. The topological polar surface area (TPSA) is 142 Å². The Morgan fingerprint density at radius 3 is 2.44 bits per heavy atom. The van der Waals surface area contributed by atoms with Crippen molar-refractivity contribution in [1.82, 2.24) is 20.0 Å². The van der Waals surface area contributed by atoms with Crippen LogP contribution >= 0.6 is 0 Å². The first kappa shape index (κ1) is 22.1. The van der Waals surface area contributed by atoms with Crippen LogP contribution in [-0.2, 0) is 9.59 Å². The summed E-state index contributed by atoms with van der Waals surface area (Å²) in [6, 6.07) is 0. The Labute approximate surface area is 151 Å². The number of halogens is 3. The molecule has 0 radical (unpaired) electrons. The number of aliphatic carboxylic acids is 2. The maximum Gasteiger partial charge on any atom is 0.490 e. The molecule has 0 aromatic carbocycles. The van der Waals surface area contributed by atoms with Gasteiger partial charge in [-0.05, 0) is 14.0 Å². The van der Waals surface area contributed by atoms with E-state index in [1.54, 1.807) is 0 Å². The number of hydrogen-bond acceptors (Lipinski definition) is 8. The second-order valence-corrected chi connectivity index (χ2v) is 5.35. The van der Waals surface area contributed by atoms with E-state index in [9.17, 15) is 18.0 Å². The van der Waals surface area contributed by atoms with Gasteiger partial charge in [0, 0.05) is 19.6 Å². The molecule has 2 aromatic heterocycles. The molecule has 0 unspecified atom stereocenters. The smallest absolute Gasteiger partial charge is 0.481 e. The summed E-state index contributed by atoms with van der Waals surface area (Å²) in [6.07, 6.45) is -3.53. The molecule has 0 aliphatic rings. The number of nitrogens with zero attached hydrogens (tertiary/aromatic N) is 4. The zero-order valence-electron chi connectivity index (χ0n) is 14.4. The van der Waals surface area contributed by atoms with Gasteiger partial charge in [0.1, 0.15) is 17.5 Å². The van der Waals surface area contributed by atoms with Crippen molar-refractivity contribution >= 4 is 28.9 Å². The zero-order valence-corrected chi connectivity index (χ0v) is 14.4. The van der Waals surface area contributed by atoms with Gasteiger partial charge in [-0.1, -0.05) is 5.16 Å². The lowest BCUT2D eigenvalue weighted by molar-refractivity contribution is -0.192. The fourth-order valence-electron chi connectivity index (χ4n) is 1.82. The van der Waals surface area contributed by atoms with Crippen molar-refractivity contribution in [1.29, 1.82) is 0 Å². The third-order valence-electron chi connectivity index (χ3n) is 3.18. The van der Waals surface area contributed by atoms with Crippen LogP contribution in [0.5, 0.6) is 0 Å². The lowest BCUT2D eigenvalue weighted by Crippen LogP contribution is -2.27. The number of carboxylic acid groups (broad SMARTS) is 2. The molecule has 2 aromatic rings. The molecule has 0 aliphatic heterocycles. The summed E-state index contributed by atoms with van der Waals surface area (Å²) in [5.41, 5.74) is 1.20. The molecule has 0 aliphatic carbocycles. The van der Waals surface area contributed by atoms with Gasteiger partial charge in [0.05, 0.1) is 12.1 Å². The van der Waals surface area contributed by atoms with Gasteiger partial charge in [0.25, 0.3) is 5.71 Å². The van der Waals surface area contributed by atoms with E-state index in [0.717, 1.165) is 11.1 Å². The van der Waals surface area contributed by atoms with Crippen LogP contribution in [0.3, 0.4) is 0 Å². The van der Waals surface area contributed by atoms with Gasteiger partial charge in [-0.2, -0.15) is 18.2 Å². The van der Waals surface area contributed by atoms with E-state index in [0.29, 0.717) is 31.2 Å². The summed E-state index contributed by atoms with van der Waals surface area (Å²) in [7, 11) is 1.88. The fourth-order valence-corrected chi connectivity index (χ4v) is 1.82. The highest BCUT2D eigenvalue weighted by Crippen LogP contribution is 2.21. The van der Waals surface area contributed by atoms with Gasteiger partial charge in [-0.25, -0.2) is 9.78 Å². The van der Waals surface area contributed by atoms with Crippen molar-refractivity contribution in [2.75, 3.05) is 32.0 Å². The van der Waals surface area contributed by atoms with E-state index in [-0.39, 0.29) is 6.42 Å². The first-order valence-corrected chi connectivity index (χ1v) is 7.53. The molecule has 3 N–H and O–H groups in total. The van der Waals surface area contributed by atoms with E-state index in [1.807, 2.05) is 18.9 Å². The monoisotopic (exact) mass is 393 g/mol. The molecule has 27 heavy (non-hydrogen) atoms. The zero-order chi connectivity index (χ0) is 20.6. The third-order valence-corrected chi connectivity index (χ3v) is 3.18. The van der Waals surface area contributed by atoms with Crippen molar-refractivity contribution in [3.63, 3.8) is 0 Å². The van der Waals surface area contributed by atoms with Crippen molar-refractivity contribution in [2.45, 2.75) is 19.5 Å². The van der Waals surface area contributed by atoms with Crippen LogP contribution in [0.25, 0.3) is 11.1 Å². The molecule has 150 valence electrons. The quantitative estimate of drug-likeness (QED) is 0.631. The number of hydrogen-bond donors (Lipinski definition) is 3. The predicted octanol–water partition coefficient (Wildman–Crippen LogP) is 1.38. The minimum absolute atomic E-state index is 0.138. The Hall–Kier alpha value is -2.96. The van der Waals surface area contributed by atoms with Crippen LogP contribution < -0.4 is 5.32 Å². The number of nitrogens with one attached hydrogen (secondary N) is 1. The first-order valence-electron chi connectivity index (χ1n) is 7.53. The molecular formula is C14H18F3N5O5. The number of aryl methyl sites for hydroxylation is 1. The third kappa shape index (κ3) is 7.43. The summed E-state index contributed by atoms with van der Waals surface area (Å²) < 4.78 is 36.8. The van der Waals surface area contributed by atoms with E-state index >= 15 is 0 Å². The van der Waals surface area contributed by atoms with Crippen molar-refractivity contribution in [3.8, 4) is 0 Å². The molecule has 13 heteroatoms. The maximum absolute atomic E-state index is 10.6. The number of carboxylic acids is 2. The summed E-state index contributed by atoms with van der Waals surface area (Å²) in [5.74, 6) is -2.87. The highest BCUT2D eigenvalue weighted by Gasteiger charge is 2.38. The number of aromatic nitrogens is 3. The highest BCUT2D eigenvalue weighted by atomic mass is 19.4.